The summed E-state index contributed by atoms with van der Waals surface area (Å²) in [7, 11) is 0. The molecule has 6 nitrogen and oxygen atoms in total. The minimum absolute atomic E-state index is 0.0880. The van der Waals surface area contributed by atoms with E-state index in [9.17, 15) is 4.79 Å². The van der Waals surface area contributed by atoms with E-state index in [0.717, 1.165) is 42.7 Å². The van der Waals surface area contributed by atoms with E-state index in [2.05, 4.69) is 15.1 Å². The molecule has 5 rings (SSSR count). The highest BCUT2D eigenvalue weighted by atomic mass is 35.5. The highest BCUT2D eigenvalue weighted by molar-refractivity contribution is 6.35. The molecule has 7 heteroatoms. The highest BCUT2D eigenvalue weighted by Crippen LogP contribution is 2.34. The van der Waals surface area contributed by atoms with Gasteiger partial charge in [0.2, 0.25) is 5.78 Å². The van der Waals surface area contributed by atoms with E-state index in [1.807, 2.05) is 59.0 Å². The number of allylic oxidation sites excluding steroid dienone is 1. The number of hydrogen-bond donors (Lipinski definition) is 0. The zero-order valence-electron chi connectivity index (χ0n) is 17.2. The Morgan fingerprint density at radius 2 is 1.77 bits per heavy atom. The lowest BCUT2D eigenvalue weighted by atomic mass is 10.1. The van der Waals surface area contributed by atoms with Gasteiger partial charge in [-0.1, -0.05) is 66.9 Å². The summed E-state index contributed by atoms with van der Waals surface area (Å²) in [5, 5.41) is 9.56. The van der Waals surface area contributed by atoms with Crippen LogP contribution in [0, 0.1) is 0 Å². The molecule has 0 bridgehead atoms. The Bertz CT molecular complexity index is 1300. The molecule has 3 heterocycles. The number of benzene rings is 2. The lowest BCUT2D eigenvalue weighted by Crippen LogP contribution is -2.29. The van der Waals surface area contributed by atoms with Crippen molar-refractivity contribution in [2.75, 3.05) is 18.0 Å². The number of nitrogens with zero attached hydrogens (tertiary/aromatic N) is 5. The summed E-state index contributed by atoms with van der Waals surface area (Å²) >= 11 is 6.68. The molecule has 1 saturated heterocycles. The lowest BCUT2D eigenvalue weighted by Gasteiger charge is -2.25. The van der Waals surface area contributed by atoms with Gasteiger partial charge in [-0.2, -0.15) is 0 Å². The average Bonchev–Trinajstić information content (AvgIpc) is 3.12. The third-order valence-corrected chi connectivity index (χ3v) is 6.22. The molecule has 1 fully saturated rings. The molecule has 1 aliphatic heterocycles. The Kier molecular flexibility index (Phi) is 5.47. The van der Waals surface area contributed by atoms with Gasteiger partial charge in [0.25, 0.3) is 5.56 Å². The second-order valence-corrected chi connectivity index (χ2v) is 8.33. The fourth-order valence-corrected chi connectivity index (χ4v) is 4.68. The minimum atomic E-state index is -0.0880. The summed E-state index contributed by atoms with van der Waals surface area (Å²) in [6.45, 7) is 2.22. The Morgan fingerprint density at radius 1 is 1.00 bits per heavy atom. The Hall–Kier alpha value is -3.12. The van der Waals surface area contributed by atoms with Gasteiger partial charge in [0.15, 0.2) is 0 Å². The van der Waals surface area contributed by atoms with Crippen molar-refractivity contribution in [3.05, 3.63) is 75.8 Å². The predicted octanol–water partition coefficient (Wildman–Crippen LogP) is 4.79. The molecule has 0 N–H and O–H groups in total. The number of hydrogen-bond acceptors (Lipinski definition) is 4. The SMILES string of the molecule is O=c1c2c(N3CCCCCC3)c(Cl)ccc2n2cnnc2n1CC=Cc1ccccc1. The molecule has 1 aliphatic rings. The van der Waals surface area contributed by atoms with Crippen LogP contribution in [0.5, 0.6) is 0 Å². The minimum Gasteiger partial charge on any atom is -0.370 e. The van der Waals surface area contributed by atoms with Gasteiger partial charge in [0.05, 0.1) is 21.6 Å². The van der Waals surface area contributed by atoms with Gasteiger partial charge in [0.1, 0.15) is 6.33 Å². The smallest absolute Gasteiger partial charge is 0.265 e. The van der Waals surface area contributed by atoms with Gasteiger partial charge in [-0.15, -0.1) is 10.2 Å². The van der Waals surface area contributed by atoms with Crippen molar-refractivity contribution < 1.29 is 0 Å². The maximum atomic E-state index is 13.7. The fourth-order valence-electron chi connectivity index (χ4n) is 4.40. The second-order valence-electron chi connectivity index (χ2n) is 7.92. The highest BCUT2D eigenvalue weighted by Gasteiger charge is 2.21. The van der Waals surface area contributed by atoms with Gasteiger partial charge >= 0.3 is 0 Å². The zero-order chi connectivity index (χ0) is 21.2. The number of anilines is 1. The van der Waals surface area contributed by atoms with Crippen molar-refractivity contribution in [2.24, 2.45) is 0 Å². The monoisotopic (exact) mass is 433 g/mol. The van der Waals surface area contributed by atoms with Crippen LogP contribution in [0.2, 0.25) is 5.02 Å². The first kappa shape index (κ1) is 19.8. The largest absolute Gasteiger partial charge is 0.370 e. The summed E-state index contributed by atoms with van der Waals surface area (Å²) in [4.78, 5) is 16.0. The number of aromatic nitrogens is 4. The summed E-state index contributed by atoms with van der Waals surface area (Å²) < 4.78 is 3.55. The van der Waals surface area contributed by atoms with Crippen LogP contribution in [-0.4, -0.2) is 32.3 Å². The molecule has 0 unspecified atom stereocenters. The van der Waals surface area contributed by atoms with Crippen molar-refractivity contribution in [3.8, 4) is 0 Å². The van der Waals surface area contributed by atoms with Gasteiger partial charge < -0.3 is 4.90 Å². The molecule has 0 atom stereocenters. The third kappa shape index (κ3) is 3.72. The summed E-state index contributed by atoms with van der Waals surface area (Å²) in [5.41, 5.74) is 2.62. The van der Waals surface area contributed by atoms with E-state index in [4.69, 9.17) is 11.6 Å². The maximum Gasteiger partial charge on any atom is 0.265 e. The van der Waals surface area contributed by atoms with Crippen LogP contribution in [0.1, 0.15) is 31.2 Å². The third-order valence-electron chi connectivity index (χ3n) is 5.92. The van der Waals surface area contributed by atoms with Crippen LogP contribution >= 0.6 is 11.6 Å². The van der Waals surface area contributed by atoms with E-state index in [1.54, 1.807) is 10.9 Å². The van der Waals surface area contributed by atoms with E-state index in [0.29, 0.717) is 22.7 Å². The van der Waals surface area contributed by atoms with Gasteiger partial charge in [-0.25, -0.2) is 0 Å². The van der Waals surface area contributed by atoms with Crippen LogP contribution < -0.4 is 10.5 Å². The molecule has 4 aromatic rings. The molecule has 0 radical (unpaired) electrons. The van der Waals surface area contributed by atoms with E-state index in [-0.39, 0.29) is 5.56 Å². The van der Waals surface area contributed by atoms with Crippen molar-refractivity contribution in [1.29, 1.82) is 0 Å². The topological polar surface area (TPSA) is 55.4 Å². The van der Waals surface area contributed by atoms with Crippen LogP contribution in [0.15, 0.2) is 59.7 Å². The normalized spacial score (nSPS) is 15.2. The van der Waals surface area contributed by atoms with Crippen LogP contribution in [0.4, 0.5) is 5.69 Å². The number of halogens is 1. The first-order valence-corrected chi connectivity index (χ1v) is 11.1. The second kappa shape index (κ2) is 8.55. The van der Waals surface area contributed by atoms with E-state index in [1.165, 1.54) is 12.8 Å². The Morgan fingerprint density at radius 3 is 2.55 bits per heavy atom. The molecule has 31 heavy (non-hydrogen) atoms. The van der Waals surface area contributed by atoms with Gasteiger partial charge in [-0.3, -0.25) is 13.8 Å². The zero-order valence-corrected chi connectivity index (χ0v) is 18.0. The van der Waals surface area contributed by atoms with Gasteiger partial charge in [-0.05, 0) is 30.5 Å². The quantitative estimate of drug-likeness (QED) is 0.464. The van der Waals surface area contributed by atoms with Crippen molar-refractivity contribution >= 4 is 40.0 Å². The molecule has 2 aromatic heterocycles. The molecular weight excluding hydrogens is 410 g/mol. The van der Waals surface area contributed by atoms with Crippen LogP contribution in [-0.2, 0) is 6.54 Å². The summed E-state index contributed by atoms with van der Waals surface area (Å²) in [6.07, 6.45) is 10.3. The van der Waals surface area contributed by atoms with Crippen molar-refractivity contribution in [1.82, 2.24) is 19.2 Å². The van der Waals surface area contributed by atoms with Crippen molar-refractivity contribution in [3.63, 3.8) is 0 Å². The number of fused-ring (bicyclic) bond motifs is 3. The van der Waals surface area contributed by atoms with E-state index < -0.39 is 0 Å². The van der Waals surface area contributed by atoms with Crippen molar-refractivity contribution in [2.45, 2.75) is 32.2 Å². The van der Waals surface area contributed by atoms with Crippen LogP contribution in [0.25, 0.3) is 22.8 Å². The standard InChI is InChI=1S/C24H24ClN5O/c25-19-12-13-20-21(22(19)28-14-6-1-2-7-15-28)23(31)29(24-27-26-17-30(20)24)16-8-11-18-9-4-3-5-10-18/h3-5,8-13,17H,1-2,6-7,14-16H2. The fraction of sp³-hybridized carbons (Fsp3) is 0.292. The molecule has 2 aromatic carbocycles. The molecule has 0 spiro atoms. The number of rotatable bonds is 4. The molecular formula is C24H24ClN5O. The molecule has 0 saturated carbocycles. The average molecular weight is 434 g/mol. The summed E-state index contributed by atoms with van der Waals surface area (Å²) in [5.74, 6) is 0.527. The van der Waals surface area contributed by atoms with Crippen LogP contribution in [0.3, 0.4) is 0 Å². The Balaban J connectivity index is 1.67. The van der Waals surface area contributed by atoms with Gasteiger partial charge in [0, 0.05) is 19.6 Å². The summed E-state index contributed by atoms with van der Waals surface area (Å²) in [6, 6.07) is 13.8. The predicted molar refractivity (Wildman–Crippen MR) is 126 cm³/mol. The first-order chi connectivity index (χ1) is 15.2. The van der Waals surface area contributed by atoms with E-state index >= 15 is 0 Å². The lowest BCUT2D eigenvalue weighted by molar-refractivity contribution is 0.726. The molecule has 158 valence electrons. The molecule has 0 aliphatic carbocycles. The Labute approximate surface area is 185 Å². The first-order valence-electron chi connectivity index (χ1n) is 10.8. The maximum absolute atomic E-state index is 13.7. The molecule has 0 amide bonds.